The second kappa shape index (κ2) is 8.56. The Labute approximate surface area is 148 Å². The summed E-state index contributed by atoms with van der Waals surface area (Å²) in [5.74, 6) is 0.583. The Kier molecular flexibility index (Phi) is 6.18. The summed E-state index contributed by atoms with van der Waals surface area (Å²) in [5.41, 5.74) is 2.14. The smallest absolute Gasteiger partial charge is 0.230 e. The van der Waals surface area contributed by atoms with E-state index in [0.717, 1.165) is 35.6 Å². The van der Waals surface area contributed by atoms with E-state index < -0.39 is 0 Å². The van der Waals surface area contributed by atoms with E-state index >= 15 is 0 Å². The number of benzene rings is 1. The van der Waals surface area contributed by atoms with Crippen LogP contribution in [-0.2, 0) is 11.3 Å². The van der Waals surface area contributed by atoms with Gasteiger partial charge in [0.05, 0.1) is 16.8 Å². The lowest BCUT2D eigenvalue weighted by Gasteiger charge is -2.20. The summed E-state index contributed by atoms with van der Waals surface area (Å²) in [4.78, 5) is 17.0. The Morgan fingerprint density at radius 1 is 1.21 bits per heavy atom. The van der Waals surface area contributed by atoms with Gasteiger partial charge in [-0.05, 0) is 31.9 Å². The normalized spacial score (nSPS) is 16.7. The van der Waals surface area contributed by atoms with E-state index in [9.17, 15) is 4.79 Å². The minimum absolute atomic E-state index is 0.139. The molecule has 2 aromatic rings. The van der Waals surface area contributed by atoms with E-state index in [0.29, 0.717) is 11.8 Å². The fourth-order valence-electron chi connectivity index (χ4n) is 3.47. The number of rotatable bonds is 5. The third-order valence-corrected chi connectivity index (χ3v) is 5.71. The molecule has 0 radical (unpaired) electrons. The molecule has 1 heterocycles. The molecule has 0 atom stereocenters. The number of carbonyl (C=O) groups is 1. The molecule has 5 heteroatoms. The lowest BCUT2D eigenvalue weighted by Crippen LogP contribution is -2.36. The fourth-order valence-corrected chi connectivity index (χ4v) is 4.36. The molecule has 130 valence electrons. The number of imidazole rings is 1. The van der Waals surface area contributed by atoms with Gasteiger partial charge in [0.2, 0.25) is 5.91 Å². The summed E-state index contributed by atoms with van der Waals surface area (Å²) in [6.07, 6.45) is 8.70. The average Bonchev–Trinajstić information content (AvgIpc) is 2.93. The number of thioether (sulfide) groups is 1. The molecule has 1 aliphatic carbocycles. The second-order valence-corrected chi connectivity index (χ2v) is 7.47. The molecule has 0 unspecified atom stereocenters. The van der Waals surface area contributed by atoms with Crippen molar-refractivity contribution in [2.45, 2.75) is 69.6 Å². The standard InChI is InChI=1S/C19H27N3OS/c1-2-22-17-13-9-8-12-16(17)21-19(22)24-14-18(23)20-15-10-6-4-3-5-7-11-15/h8-9,12-13,15H,2-7,10-11,14H2,1H3,(H,20,23). The highest BCUT2D eigenvalue weighted by Gasteiger charge is 2.16. The molecule has 1 saturated carbocycles. The number of amides is 1. The molecule has 1 aromatic heterocycles. The van der Waals surface area contributed by atoms with E-state index in [1.807, 2.05) is 18.2 Å². The molecule has 1 amide bonds. The Balaban J connectivity index is 1.57. The molecule has 0 saturated heterocycles. The van der Waals surface area contributed by atoms with E-state index in [4.69, 9.17) is 0 Å². The highest BCUT2D eigenvalue weighted by atomic mass is 32.2. The van der Waals surface area contributed by atoms with Gasteiger partial charge in [0.25, 0.3) is 0 Å². The molecule has 1 N–H and O–H groups in total. The van der Waals surface area contributed by atoms with E-state index in [2.05, 4.69) is 27.9 Å². The van der Waals surface area contributed by atoms with Crippen LogP contribution in [0, 0.1) is 0 Å². The first-order chi connectivity index (χ1) is 11.8. The topological polar surface area (TPSA) is 46.9 Å². The summed E-state index contributed by atoms with van der Waals surface area (Å²) < 4.78 is 2.18. The largest absolute Gasteiger partial charge is 0.353 e. The summed E-state index contributed by atoms with van der Waals surface area (Å²) in [6.45, 7) is 2.99. The molecule has 3 rings (SSSR count). The van der Waals surface area contributed by atoms with Crippen LogP contribution in [0.25, 0.3) is 11.0 Å². The van der Waals surface area contributed by atoms with Crippen molar-refractivity contribution in [2.24, 2.45) is 0 Å². The maximum Gasteiger partial charge on any atom is 0.230 e. The van der Waals surface area contributed by atoms with Gasteiger partial charge in [-0.25, -0.2) is 4.98 Å². The predicted molar refractivity (Wildman–Crippen MR) is 100 cm³/mol. The van der Waals surface area contributed by atoms with Crippen molar-refractivity contribution in [1.29, 1.82) is 0 Å². The maximum absolute atomic E-state index is 12.3. The Morgan fingerprint density at radius 2 is 1.92 bits per heavy atom. The van der Waals surface area contributed by atoms with Crippen LogP contribution in [0.5, 0.6) is 0 Å². The number of hydrogen-bond donors (Lipinski definition) is 1. The highest BCUT2D eigenvalue weighted by Crippen LogP contribution is 2.24. The van der Waals surface area contributed by atoms with Crippen LogP contribution in [0.15, 0.2) is 29.4 Å². The summed E-state index contributed by atoms with van der Waals surface area (Å²) >= 11 is 1.54. The zero-order chi connectivity index (χ0) is 16.8. The van der Waals surface area contributed by atoms with Crippen molar-refractivity contribution in [1.82, 2.24) is 14.9 Å². The number of hydrogen-bond acceptors (Lipinski definition) is 3. The molecule has 24 heavy (non-hydrogen) atoms. The number of nitrogens with one attached hydrogen (secondary N) is 1. The van der Waals surface area contributed by atoms with E-state index in [-0.39, 0.29) is 5.91 Å². The van der Waals surface area contributed by atoms with E-state index in [1.165, 1.54) is 32.1 Å². The monoisotopic (exact) mass is 345 g/mol. The number of carbonyl (C=O) groups excluding carboxylic acids is 1. The summed E-state index contributed by atoms with van der Waals surface area (Å²) in [5, 5.41) is 4.17. The van der Waals surface area contributed by atoms with Crippen LogP contribution < -0.4 is 5.32 Å². The number of nitrogens with zero attached hydrogens (tertiary/aromatic N) is 2. The first-order valence-corrected chi connectivity index (χ1v) is 10.1. The number of aromatic nitrogens is 2. The van der Waals surface area contributed by atoms with Gasteiger partial charge in [0.15, 0.2) is 5.16 Å². The molecule has 0 bridgehead atoms. The van der Waals surface area contributed by atoms with Crippen molar-refractivity contribution >= 4 is 28.7 Å². The predicted octanol–water partition coefficient (Wildman–Crippen LogP) is 4.38. The van der Waals surface area contributed by atoms with Crippen LogP contribution in [-0.4, -0.2) is 27.3 Å². The third kappa shape index (κ3) is 4.32. The van der Waals surface area contributed by atoms with Gasteiger partial charge >= 0.3 is 0 Å². The van der Waals surface area contributed by atoms with E-state index in [1.54, 1.807) is 11.8 Å². The van der Waals surface area contributed by atoms with Gasteiger partial charge in [-0.15, -0.1) is 0 Å². The lowest BCUT2D eigenvalue weighted by atomic mass is 9.97. The van der Waals surface area contributed by atoms with Gasteiger partial charge in [0, 0.05) is 12.6 Å². The third-order valence-electron chi connectivity index (χ3n) is 4.74. The molecule has 1 aliphatic rings. The van der Waals surface area contributed by atoms with Crippen molar-refractivity contribution in [3.8, 4) is 0 Å². The number of para-hydroxylation sites is 2. The molecule has 1 fully saturated rings. The van der Waals surface area contributed by atoms with Gasteiger partial charge < -0.3 is 9.88 Å². The van der Waals surface area contributed by atoms with Crippen molar-refractivity contribution in [3.63, 3.8) is 0 Å². The Bertz CT molecular complexity index is 674. The second-order valence-electron chi connectivity index (χ2n) is 6.53. The van der Waals surface area contributed by atoms with Crippen LogP contribution in [0.3, 0.4) is 0 Å². The first kappa shape index (κ1) is 17.3. The molecular formula is C19H27N3OS. The molecule has 1 aromatic carbocycles. The lowest BCUT2D eigenvalue weighted by molar-refractivity contribution is -0.119. The van der Waals surface area contributed by atoms with Crippen LogP contribution in [0.1, 0.15) is 51.9 Å². The van der Waals surface area contributed by atoms with Crippen molar-refractivity contribution in [2.75, 3.05) is 5.75 Å². The van der Waals surface area contributed by atoms with Crippen LogP contribution in [0.4, 0.5) is 0 Å². The van der Waals surface area contributed by atoms with Gasteiger partial charge in [-0.3, -0.25) is 4.79 Å². The van der Waals surface area contributed by atoms with Gasteiger partial charge in [-0.1, -0.05) is 56.0 Å². The zero-order valence-corrected chi connectivity index (χ0v) is 15.3. The molecular weight excluding hydrogens is 318 g/mol. The van der Waals surface area contributed by atoms with Gasteiger partial charge in [0.1, 0.15) is 0 Å². The molecule has 4 nitrogen and oxygen atoms in total. The van der Waals surface area contributed by atoms with Crippen LogP contribution >= 0.6 is 11.8 Å². The molecule has 0 spiro atoms. The molecule has 0 aliphatic heterocycles. The quantitative estimate of drug-likeness (QED) is 0.818. The van der Waals surface area contributed by atoms with Crippen molar-refractivity contribution < 1.29 is 4.79 Å². The minimum Gasteiger partial charge on any atom is -0.353 e. The summed E-state index contributed by atoms with van der Waals surface area (Å²) in [6, 6.07) is 8.52. The highest BCUT2D eigenvalue weighted by molar-refractivity contribution is 7.99. The SMILES string of the molecule is CCn1c(SCC(=O)NC2CCCCCCC2)nc2ccccc21. The fraction of sp³-hybridized carbons (Fsp3) is 0.579. The first-order valence-electron chi connectivity index (χ1n) is 9.15. The van der Waals surface area contributed by atoms with Crippen molar-refractivity contribution in [3.05, 3.63) is 24.3 Å². The zero-order valence-electron chi connectivity index (χ0n) is 14.5. The number of fused-ring (bicyclic) bond motifs is 1. The number of aryl methyl sites for hydroxylation is 1. The van der Waals surface area contributed by atoms with Gasteiger partial charge in [-0.2, -0.15) is 0 Å². The van der Waals surface area contributed by atoms with Crippen LogP contribution in [0.2, 0.25) is 0 Å². The minimum atomic E-state index is 0.139. The summed E-state index contributed by atoms with van der Waals surface area (Å²) in [7, 11) is 0. The average molecular weight is 346 g/mol. The Morgan fingerprint density at radius 3 is 2.67 bits per heavy atom. The Hall–Kier alpha value is -1.49. The maximum atomic E-state index is 12.3.